The van der Waals surface area contributed by atoms with Crippen LogP contribution in [0.1, 0.15) is 69.2 Å². The van der Waals surface area contributed by atoms with Crippen molar-refractivity contribution in [3.05, 3.63) is 0 Å². The average molecular weight is 289 g/mol. The zero-order valence-corrected chi connectivity index (χ0v) is 16.3. The van der Waals surface area contributed by atoms with Crippen molar-refractivity contribution in [2.45, 2.75) is 79.3 Å². The fourth-order valence-corrected chi connectivity index (χ4v) is 8.62. The minimum absolute atomic E-state index is 0.0136. The van der Waals surface area contributed by atoms with Crippen molar-refractivity contribution in [2.24, 2.45) is 10.8 Å². The lowest BCUT2D eigenvalue weighted by Gasteiger charge is -2.59. The van der Waals surface area contributed by atoms with Gasteiger partial charge in [-0.25, -0.2) is 0 Å². The first kappa shape index (κ1) is 19.1. The fraction of sp³-hybridized carbons (Fsp3) is 1.00. The Hall–Kier alpha value is 0.137. The SMILES string of the molecule is CO[Si](OC)(C(C)(C)C(C)(C)C)C(C)(C)C(C)(C)C. The summed E-state index contributed by atoms with van der Waals surface area (Å²) < 4.78 is 12.4. The summed E-state index contributed by atoms with van der Waals surface area (Å²) in [4.78, 5) is 0. The van der Waals surface area contributed by atoms with E-state index in [9.17, 15) is 0 Å². The van der Waals surface area contributed by atoms with Gasteiger partial charge in [0, 0.05) is 24.3 Å². The summed E-state index contributed by atoms with van der Waals surface area (Å²) in [6, 6.07) is 0. The van der Waals surface area contributed by atoms with Crippen molar-refractivity contribution >= 4 is 8.56 Å². The summed E-state index contributed by atoms with van der Waals surface area (Å²) in [5, 5.41) is -0.0272. The van der Waals surface area contributed by atoms with Crippen molar-refractivity contribution in [3.8, 4) is 0 Å². The van der Waals surface area contributed by atoms with E-state index in [4.69, 9.17) is 8.85 Å². The second kappa shape index (κ2) is 5.16. The molecule has 0 rings (SSSR count). The van der Waals surface area contributed by atoms with Crippen LogP contribution in [0.25, 0.3) is 0 Å². The average Bonchev–Trinajstić information content (AvgIpc) is 2.15. The Kier molecular flexibility index (Phi) is 5.19. The lowest BCUT2D eigenvalue weighted by atomic mass is 9.81. The van der Waals surface area contributed by atoms with Crippen LogP contribution in [-0.2, 0) is 8.85 Å². The molecule has 0 aromatic carbocycles. The largest absolute Gasteiger partial charge is 0.397 e. The van der Waals surface area contributed by atoms with Gasteiger partial charge in [-0.15, -0.1) is 0 Å². The molecule has 116 valence electrons. The zero-order chi connectivity index (χ0) is 15.9. The summed E-state index contributed by atoms with van der Waals surface area (Å²) in [5.41, 5.74) is 0.238. The first-order valence-electron chi connectivity index (χ1n) is 7.22. The van der Waals surface area contributed by atoms with Crippen molar-refractivity contribution in [3.63, 3.8) is 0 Å². The van der Waals surface area contributed by atoms with Gasteiger partial charge in [0.05, 0.1) is 0 Å². The predicted molar refractivity (Wildman–Crippen MR) is 86.8 cm³/mol. The first-order chi connectivity index (χ1) is 8.12. The molecule has 0 amide bonds. The third-order valence-corrected chi connectivity index (χ3v) is 11.9. The molecule has 0 aliphatic rings. The van der Waals surface area contributed by atoms with Gasteiger partial charge in [0.1, 0.15) is 0 Å². The lowest BCUT2D eigenvalue weighted by molar-refractivity contribution is 0.100. The molecule has 0 aromatic rings. The molecule has 3 heteroatoms. The van der Waals surface area contributed by atoms with E-state index in [1.54, 1.807) is 0 Å². The van der Waals surface area contributed by atoms with Gasteiger partial charge >= 0.3 is 8.56 Å². The van der Waals surface area contributed by atoms with E-state index in [2.05, 4.69) is 69.2 Å². The lowest BCUT2D eigenvalue weighted by Crippen LogP contribution is -2.64. The molecule has 0 aliphatic heterocycles. The molecule has 0 spiro atoms. The topological polar surface area (TPSA) is 18.5 Å². The zero-order valence-electron chi connectivity index (χ0n) is 15.3. The van der Waals surface area contributed by atoms with Crippen LogP contribution in [-0.4, -0.2) is 22.8 Å². The quantitative estimate of drug-likeness (QED) is 0.647. The van der Waals surface area contributed by atoms with Gasteiger partial charge in [0.15, 0.2) is 0 Å². The molecule has 0 radical (unpaired) electrons. The Labute approximate surface area is 122 Å². The number of hydrogen-bond donors (Lipinski definition) is 0. The normalized spacial score (nSPS) is 15.8. The van der Waals surface area contributed by atoms with Crippen LogP contribution >= 0.6 is 0 Å². The van der Waals surface area contributed by atoms with Crippen LogP contribution in [0.2, 0.25) is 10.1 Å². The summed E-state index contributed by atoms with van der Waals surface area (Å²) in [7, 11) is 1.19. The summed E-state index contributed by atoms with van der Waals surface area (Å²) in [5.74, 6) is 0. The number of hydrogen-bond acceptors (Lipinski definition) is 2. The van der Waals surface area contributed by atoms with Gasteiger partial charge < -0.3 is 8.85 Å². The van der Waals surface area contributed by atoms with Crippen LogP contribution in [0.4, 0.5) is 0 Å². The summed E-state index contributed by atoms with van der Waals surface area (Å²) in [6.45, 7) is 22.9. The van der Waals surface area contributed by atoms with E-state index >= 15 is 0 Å². The third-order valence-electron chi connectivity index (χ3n) is 5.97. The molecular formula is C16H36O2Si. The van der Waals surface area contributed by atoms with Gasteiger partial charge in [-0.1, -0.05) is 69.2 Å². The molecule has 0 heterocycles. The van der Waals surface area contributed by atoms with Gasteiger partial charge in [0.25, 0.3) is 0 Å². The minimum Gasteiger partial charge on any atom is -0.397 e. The standard InChI is InChI=1S/C16H36O2Si/c1-13(2,3)15(7,8)19(17-11,18-12)16(9,10)14(4,5)6/h1-12H3. The highest BCUT2D eigenvalue weighted by Crippen LogP contribution is 2.65. The van der Waals surface area contributed by atoms with E-state index < -0.39 is 8.56 Å². The van der Waals surface area contributed by atoms with Crippen LogP contribution in [0, 0.1) is 10.8 Å². The Morgan fingerprint density at radius 3 is 0.842 bits per heavy atom. The molecule has 0 N–H and O–H groups in total. The van der Waals surface area contributed by atoms with Crippen molar-refractivity contribution in [1.82, 2.24) is 0 Å². The van der Waals surface area contributed by atoms with Crippen LogP contribution in [0.3, 0.4) is 0 Å². The Bertz CT molecular complexity index is 274. The molecule has 0 fully saturated rings. The van der Waals surface area contributed by atoms with Gasteiger partial charge in [-0.3, -0.25) is 0 Å². The maximum Gasteiger partial charge on any atom is 0.350 e. The fourth-order valence-electron chi connectivity index (χ4n) is 2.87. The van der Waals surface area contributed by atoms with Crippen LogP contribution in [0.5, 0.6) is 0 Å². The highest BCUT2D eigenvalue weighted by atomic mass is 28.4. The number of rotatable bonds is 4. The smallest absolute Gasteiger partial charge is 0.350 e. The molecule has 19 heavy (non-hydrogen) atoms. The predicted octanol–water partition coefficient (Wildman–Crippen LogP) is 5.37. The minimum atomic E-state index is -2.47. The summed E-state index contributed by atoms with van der Waals surface area (Å²) in [6.07, 6.45) is 0. The maximum atomic E-state index is 6.19. The second-order valence-corrected chi connectivity index (χ2v) is 13.3. The molecule has 0 atom stereocenters. The molecule has 0 saturated heterocycles. The van der Waals surface area contributed by atoms with Gasteiger partial charge in [-0.2, -0.15) is 0 Å². The van der Waals surface area contributed by atoms with Crippen LogP contribution in [0.15, 0.2) is 0 Å². The molecule has 0 unspecified atom stereocenters. The van der Waals surface area contributed by atoms with Crippen molar-refractivity contribution in [2.75, 3.05) is 14.2 Å². The first-order valence-corrected chi connectivity index (χ1v) is 9.04. The molecule has 2 nitrogen and oxygen atoms in total. The van der Waals surface area contributed by atoms with E-state index in [-0.39, 0.29) is 20.9 Å². The van der Waals surface area contributed by atoms with E-state index in [0.29, 0.717) is 0 Å². The monoisotopic (exact) mass is 288 g/mol. The third kappa shape index (κ3) is 2.66. The van der Waals surface area contributed by atoms with E-state index in [0.717, 1.165) is 0 Å². The van der Waals surface area contributed by atoms with Crippen molar-refractivity contribution < 1.29 is 8.85 Å². The Balaban J connectivity index is 6.19. The molecule has 0 aliphatic carbocycles. The Morgan fingerprint density at radius 1 is 0.526 bits per heavy atom. The van der Waals surface area contributed by atoms with Crippen molar-refractivity contribution in [1.29, 1.82) is 0 Å². The van der Waals surface area contributed by atoms with E-state index in [1.165, 1.54) is 0 Å². The molecule has 0 bridgehead atoms. The molecular weight excluding hydrogens is 252 g/mol. The summed E-state index contributed by atoms with van der Waals surface area (Å²) >= 11 is 0. The highest BCUT2D eigenvalue weighted by Gasteiger charge is 2.67. The second-order valence-electron chi connectivity index (χ2n) is 8.77. The highest BCUT2D eigenvalue weighted by molar-refractivity contribution is 6.74. The molecule has 0 aromatic heterocycles. The van der Waals surface area contributed by atoms with Gasteiger partial charge in [0.2, 0.25) is 0 Å². The Morgan fingerprint density at radius 2 is 0.737 bits per heavy atom. The van der Waals surface area contributed by atoms with E-state index in [1.807, 2.05) is 14.2 Å². The molecule has 0 saturated carbocycles. The van der Waals surface area contributed by atoms with Crippen LogP contribution < -0.4 is 0 Å². The van der Waals surface area contributed by atoms with Gasteiger partial charge in [-0.05, 0) is 10.8 Å². The maximum absolute atomic E-state index is 6.19.